The highest BCUT2D eigenvalue weighted by atomic mass is 35.5. The van der Waals surface area contributed by atoms with E-state index in [0.29, 0.717) is 40.5 Å². The third kappa shape index (κ3) is 9.56. The number of nitrogens with zero attached hydrogens (tertiary/aromatic N) is 4. The SMILES string of the molecule is Cc1c(OCCCN2CCC(O)C2)cccc1-c1ccnc(COc2cc(OCc3cncc(C#N)c3)c(CNC(C)(CO)C(=O)O)cc2Cl)c1C. The molecule has 12 nitrogen and oxygen atoms in total. The monoisotopic (exact) mass is 729 g/mol. The molecule has 0 saturated carbocycles. The van der Waals surface area contributed by atoms with Crippen molar-refractivity contribution in [2.75, 3.05) is 32.8 Å². The fraction of sp³-hybridized carbons (Fsp3) is 0.385. The van der Waals surface area contributed by atoms with Gasteiger partial charge in [0.25, 0.3) is 0 Å². The fourth-order valence-corrected chi connectivity index (χ4v) is 6.19. The van der Waals surface area contributed by atoms with Crippen molar-refractivity contribution in [3.63, 3.8) is 0 Å². The minimum absolute atomic E-state index is 0.0165. The van der Waals surface area contributed by atoms with Gasteiger partial charge in [-0.1, -0.05) is 23.7 Å². The number of rotatable bonds is 17. The molecule has 1 aliphatic heterocycles. The molecule has 0 aliphatic carbocycles. The topological polar surface area (TPSA) is 170 Å². The smallest absolute Gasteiger partial charge is 0.326 e. The second-order valence-electron chi connectivity index (χ2n) is 13.1. The van der Waals surface area contributed by atoms with E-state index >= 15 is 0 Å². The first-order valence-electron chi connectivity index (χ1n) is 17.1. The maximum Gasteiger partial charge on any atom is 0.326 e. The number of hydrogen-bond acceptors (Lipinski definition) is 11. The molecule has 13 heteroatoms. The molecule has 2 aromatic carbocycles. The molecule has 1 fully saturated rings. The van der Waals surface area contributed by atoms with Gasteiger partial charge in [-0.05, 0) is 80.1 Å². The van der Waals surface area contributed by atoms with Crippen LogP contribution in [-0.2, 0) is 24.6 Å². The molecule has 0 bridgehead atoms. The van der Waals surface area contributed by atoms with Crippen LogP contribution in [0.15, 0.2) is 61.1 Å². The minimum atomic E-state index is -1.60. The van der Waals surface area contributed by atoms with Crippen LogP contribution in [0.25, 0.3) is 11.1 Å². The van der Waals surface area contributed by atoms with Crippen molar-refractivity contribution in [3.05, 3.63) is 99.6 Å². The van der Waals surface area contributed by atoms with E-state index in [-0.39, 0.29) is 30.9 Å². The van der Waals surface area contributed by atoms with Crippen molar-refractivity contribution in [1.29, 1.82) is 5.26 Å². The number of aliphatic hydroxyl groups excluding tert-OH is 2. The number of β-amino-alcohol motifs (C(OH)–C–C–N with tert-alkyl or cyclic N) is 1. The number of hydrogen-bond donors (Lipinski definition) is 4. The minimum Gasteiger partial charge on any atom is -0.493 e. The Bertz CT molecular complexity index is 1920. The van der Waals surface area contributed by atoms with Crippen LogP contribution in [0.2, 0.25) is 5.02 Å². The predicted octanol–water partition coefficient (Wildman–Crippen LogP) is 5.20. The molecule has 3 heterocycles. The van der Waals surface area contributed by atoms with E-state index in [1.165, 1.54) is 13.1 Å². The molecular weight excluding hydrogens is 686 g/mol. The number of aromatic nitrogens is 2. The molecule has 2 unspecified atom stereocenters. The third-order valence-corrected chi connectivity index (χ3v) is 9.56. The van der Waals surface area contributed by atoms with Gasteiger partial charge < -0.3 is 34.4 Å². The van der Waals surface area contributed by atoms with Crippen LogP contribution in [0, 0.1) is 25.2 Å². The zero-order valence-electron chi connectivity index (χ0n) is 29.6. The van der Waals surface area contributed by atoms with Crippen LogP contribution in [-0.4, -0.2) is 80.6 Å². The van der Waals surface area contributed by atoms with Crippen molar-refractivity contribution in [2.24, 2.45) is 0 Å². The lowest BCUT2D eigenvalue weighted by atomic mass is 9.96. The molecule has 0 amide bonds. The molecule has 2 aromatic heterocycles. The second kappa shape index (κ2) is 17.6. The van der Waals surface area contributed by atoms with Crippen LogP contribution in [0.5, 0.6) is 17.2 Å². The van der Waals surface area contributed by atoms with Gasteiger partial charge in [0.2, 0.25) is 0 Å². The van der Waals surface area contributed by atoms with Gasteiger partial charge in [0, 0.05) is 62.0 Å². The molecule has 0 radical (unpaired) electrons. The van der Waals surface area contributed by atoms with Gasteiger partial charge in [0.1, 0.15) is 42.1 Å². The van der Waals surface area contributed by atoms with Gasteiger partial charge in [-0.25, -0.2) is 0 Å². The van der Waals surface area contributed by atoms with E-state index in [0.717, 1.165) is 60.5 Å². The number of carboxylic acids is 1. The van der Waals surface area contributed by atoms with Gasteiger partial charge in [-0.15, -0.1) is 0 Å². The Hall–Kier alpha value is -4.77. The molecule has 1 saturated heterocycles. The number of aliphatic carboxylic acids is 1. The summed E-state index contributed by atoms with van der Waals surface area (Å²) in [6.45, 7) is 8.09. The van der Waals surface area contributed by atoms with Crippen LogP contribution < -0.4 is 19.5 Å². The molecule has 1 aliphatic rings. The molecular formula is C39H44ClN5O7. The van der Waals surface area contributed by atoms with E-state index in [1.54, 1.807) is 30.6 Å². The zero-order chi connectivity index (χ0) is 37.3. The van der Waals surface area contributed by atoms with E-state index in [2.05, 4.69) is 32.3 Å². The first-order valence-corrected chi connectivity index (χ1v) is 17.5. The first-order chi connectivity index (χ1) is 25.0. The van der Waals surface area contributed by atoms with Gasteiger partial charge in [-0.2, -0.15) is 5.26 Å². The largest absolute Gasteiger partial charge is 0.493 e. The molecule has 5 rings (SSSR count). The number of nitriles is 1. The number of nitrogens with one attached hydrogen (secondary N) is 1. The van der Waals surface area contributed by atoms with Gasteiger partial charge in [0.15, 0.2) is 0 Å². The molecule has 52 heavy (non-hydrogen) atoms. The maximum absolute atomic E-state index is 11.8. The maximum atomic E-state index is 11.8. The normalized spacial score (nSPS) is 15.5. The Morgan fingerprint density at radius 1 is 1.08 bits per heavy atom. The lowest BCUT2D eigenvalue weighted by molar-refractivity contribution is -0.145. The average Bonchev–Trinajstić information content (AvgIpc) is 3.57. The summed E-state index contributed by atoms with van der Waals surface area (Å²) < 4.78 is 18.6. The summed E-state index contributed by atoms with van der Waals surface area (Å²) in [5.41, 5.74) is 4.67. The summed E-state index contributed by atoms with van der Waals surface area (Å²) in [6, 6.07) is 15.0. The first kappa shape index (κ1) is 38.5. The lowest BCUT2D eigenvalue weighted by Gasteiger charge is -2.25. The Morgan fingerprint density at radius 2 is 1.87 bits per heavy atom. The van der Waals surface area contributed by atoms with Crippen LogP contribution in [0.4, 0.5) is 0 Å². The van der Waals surface area contributed by atoms with Crippen molar-refractivity contribution in [2.45, 2.75) is 65.0 Å². The number of likely N-dealkylation sites (tertiary alicyclic amines) is 1. The Labute approximate surface area is 308 Å². The van der Waals surface area contributed by atoms with E-state index in [9.17, 15) is 25.4 Å². The number of benzene rings is 2. The van der Waals surface area contributed by atoms with E-state index in [4.69, 9.17) is 25.8 Å². The summed E-state index contributed by atoms with van der Waals surface area (Å²) in [5.74, 6) is 0.301. The summed E-state index contributed by atoms with van der Waals surface area (Å²) in [7, 11) is 0. The lowest BCUT2D eigenvalue weighted by Crippen LogP contribution is -2.52. The summed E-state index contributed by atoms with van der Waals surface area (Å²) >= 11 is 6.70. The Kier molecular flexibility index (Phi) is 13.0. The molecule has 4 N–H and O–H groups in total. The highest BCUT2D eigenvalue weighted by molar-refractivity contribution is 6.32. The van der Waals surface area contributed by atoms with Crippen molar-refractivity contribution in [1.82, 2.24) is 20.2 Å². The summed E-state index contributed by atoms with van der Waals surface area (Å²) in [4.78, 5) is 22.8. The quantitative estimate of drug-likeness (QED) is 0.105. The molecule has 0 spiro atoms. The highest BCUT2D eigenvalue weighted by Crippen LogP contribution is 2.36. The number of halogens is 1. The fourth-order valence-electron chi connectivity index (χ4n) is 5.95. The van der Waals surface area contributed by atoms with Crippen molar-refractivity contribution >= 4 is 17.6 Å². The van der Waals surface area contributed by atoms with Gasteiger partial charge in [-0.3, -0.25) is 20.1 Å². The van der Waals surface area contributed by atoms with Crippen LogP contribution >= 0.6 is 11.6 Å². The molecule has 4 aromatic rings. The van der Waals surface area contributed by atoms with Crippen LogP contribution in [0.1, 0.15) is 53.3 Å². The average molecular weight is 730 g/mol. The van der Waals surface area contributed by atoms with Crippen molar-refractivity contribution < 1.29 is 34.3 Å². The van der Waals surface area contributed by atoms with Gasteiger partial charge >= 0.3 is 5.97 Å². The third-order valence-electron chi connectivity index (χ3n) is 9.26. The van der Waals surface area contributed by atoms with E-state index < -0.39 is 18.1 Å². The second-order valence-corrected chi connectivity index (χ2v) is 13.5. The Morgan fingerprint density at radius 3 is 2.60 bits per heavy atom. The van der Waals surface area contributed by atoms with E-state index in [1.807, 2.05) is 32.0 Å². The standard InChI is InChI=1S/C39H44ClN5O7/c1-25-32(31-6-4-7-35(26(31)2)50-13-5-11-45-12-9-30(47)21-45)8-10-43-34(25)23-52-37-16-36(51-22-28-14-27(17-41)18-42-19-28)29(15-33(37)40)20-44-39(3,24-46)38(48)49/h4,6-8,10,14-16,18-19,30,44,46-47H,5,9,11-13,20-24H2,1-3H3,(H,48,49). The van der Waals surface area contributed by atoms with Gasteiger partial charge in [0.05, 0.1) is 35.6 Å². The number of ether oxygens (including phenoxy) is 3. The zero-order valence-corrected chi connectivity index (χ0v) is 30.3. The van der Waals surface area contributed by atoms with Crippen LogP contribution in [0.3, 0.4) is 0 Å². The number of aliphatic hydroxyl groups is 2. The predicted molar refractivity (Wildman–Crippen MR) is 195 cm³/mol. The summed E-state index contributed by atoms with van der Waals surface area (Å²) in [5, 5.41) is 41.6. The molecule has 274 valence electrons. The molecule has 2 atom stereocenters. The number of pyridine rings is 2. The summed E-state index contributed by atoms with van der Waals surface area (Å²) in [6.07, 6.45) is 6.26. The Balaban J connectivity index is 1.32. The number of carboxylic acid groups (broad SMARTS) is 1. The highest BCUT2D eigenvalue weighted by Gasteiger charge is 2.32. The number of carbonyl (C=O) groups is 1. The van der Waals surface area contributed by atoms with Crippen molar-refractivity contribution in [3.8, 4) is 34.4 Å².